The summed E-state index contributed by atoms with van der Waals surface area (Å²) in [6.07, 6.45) is 0. The Balaban J connectivity index is 2.46. The molecule has 0 bridgehead atoms. The average Bonchev–Trinajstić information content (AvgIpc) is 2.75. The van der Waals surface area contributed by atoms with Crippen molar-refractivity contribution < 1.29 is 18.0 Å². The summed E-state index contributed by atoms with van der Waals surface area (Å²) in [7, 11) is -1.18. The van der Waals surface area contributed by atoms with Crippen LogP contribution in [0, 0.1) is 0 Å². The van der Waals surface area contributed by atoms with Crippen LogP contribution in [0.3, 0.4) is 0 Å². The van der Waals surface area contributed by atoms with Gasteiger partial charge in [0.1, 0.15) is 12.6 Å². The summed E-state index contributed by atoms with van der Waals surface area (Å²) in [4.78, 5) is 27.9. The molecule has 0 aliphatic rings. The first-order valence-corrected chi connectivity index (χ1v) is 12.6. The molecule has 0 saturated carbocycles. The SMILES string of the molecule is C[C@H](C(=O)NC(C)(C)C)N(Cc1ccccc1Cl)C(=O)CN(c1ccccc1)S(=O)(=O)N(C)C. The number of carbonyl (C=O) groups excluding carboxylic acids is 2. The maximum absolute atomic E-state index is 13.6. The normalized spacial score (nSPS) is 12.8. The number of nitrogens with one attached hydrogen (secondary N) is 1. The summed E-state index contributed by atoms with van der Waals surface area (Å²) >= 11 is 6.33. The zero-order chi connectivity index (χ0) is 25.7. The quantitative estimate of drug-likeness (QED) is 0.562. The van der Waals surface area contributed by atoms with Gasteiger partial charge in [-0.2, -0.15) is 12.7 Å². The Morgan fingerprint density at radius 3 is 2.09 bits per heavy atom. The Labute approximate surface area is 207 Å². The highest BCUT2D eigenvalue weighted by Crippen LogP contribution is 2.22. The lowest BCUT2D eigenvalue weighted by molar-refractivity contribution is -0.140. The van der Waals surface area contributed by atoms with Crippen LogP contribution in [0.15, 0.2) is 54.6 Å². The minimum absolute atomic E-state index is 0.0435. The van der Waals surface area contributed by atoms with Crippen LogP contribution >= 0.6 is 11.6 Å². The fourth-order valence-electron chi connectivity index (χ4n) is 3.18. The van der Waals surface area contributed by atoms with Gasteiger partial charge in [-0.3, -0.25) is 9.59 Å². The van der Waals surface area contributed by atoms with Gasteiger partial charge in [-0.05, 0) is 51.5 Å². The van der Waals surface area contributed by atoms with E-state index in [0.717, 1.165) is 8.61 Å². The smallest absolute Gasteiger partial charge is 0.304 e. The predicted molar refractivity (Wildman–Crippen MR) is 136 cm³/mol. The number of benzene rings is 2. The molecule has 0 saturated heterocycles. The third kappa shape index (κ3) is 7.19. The van der Waals surface area contributed by atoms with Gasteiger partial charge in [0.2, 0.25) is 11.8 Å². The molecule has 2 rings (SSSR count). The zero-order valence-electron chi connectivity index (χ0n) is 20.4. The van der Waals surface area contributed by atoms with E-state index >= 15 is 0 Å². The molecule has 0 aliphatic heterocycles. The summed E-state index contributed by atoms with van der Waals surface area (Å²) in [6, 6.07) is 14.5. The van der Waals surface area contributed by atoms with Gasteiger partial charge in [0, 0.05) is 31.2 Å². The van der Waals surface area contributed by atoms with Crippen LogP contribution in [-0.4, -0.2) is 61.7 Å². The predicted octanol–water partition coefficient (Wildman–Crippen LogP) is 3.28. The summed E-state index contributed by atoms with van der Waals surface area (Å²) < 4.78 is 28.2. The maximum Gasteiger partial charge on any atom is 0.304 e. The second-order valence-electron chi connectivity index (χ2n) is 9.16. The first kappa shape index (κ1) is 27.6. The van der Waals surface area contributed by atoms with Gasteiger partial charge < -0.3 is 10.2 Å². The third-order valence-electron chi connectivity index (χ3n) is 5.03. The molecule has 2 aromatic rings. The van der Waals surface area contributed by atoms with E-state index in [-0.39, 0.29) is 12.5 Å². The highest BCUT2D eigenvalue weighted by molar-refractivity contribution is 7.90. The monoisotopic (exact) mass is 508 g/mol. The van der Waals surface area contributed by atoms with Crippen molar-refractivity contribution in [1.82, 2.24) is 14.5 Å². The Kier molecular flexibility index (Phi) is 9.10. The maximum atomic E-state index is 13.6. The van der Waals surface area contributed by atoms with Crippen molar-refractivity contribution in [3.05, 3.63) is 65.2 Å². The van der Waals surface area contributed by atoms with E-state index in [0.29, 0.717) is 16.3 Å². The Morgan fingerprint density at radius 1 is 1.00 bits per heavy atom. The van der Waals surface area contributed by atoms with E-state index in [1.165, 1.54) is 19.0 Å². The topological polar surface area (TPSA) is 90.0 Å². The molecule has 186 valence electrons. The van der Waals surface area contributed by atoms with Crippen molar-refractivity contribution in [3.8, 4) is 0 Å². The molecule has 2 aromatic carbocycles. The van der Waals surface area contributed by atoms with E-state index in [1.807, 2.05) is 20.8 Å². The number of hydrogen-bond donors (Lipinski definition) is 1. The molecule has 0 spiro atoms. The first-order chi connectivity index (χ1) is 15.7. The van der Waals surface area contributed by atoms with Crippen LogP contribution in [0.25, 0.3) is 0 Å². The van der Waals surface area contributed by atoms with Gasteiger partial charge >= 0.3 is 10.2 Å². The van der Waals surface area contributed by atoms with Gasteiger partial charge in [-0.1, -0.05) is 48.0 Å². The minimum Gasteiger partial charge on any atom is -0.350 e. The Hall–Kier alpha value is -2.62. The lowest BCUT2D eigenvalue weighted by Gasteiger charge is -2.34. The van der Waals surface area contributed by atoms with Gasteiger partial charge in [0.25, 0.3) is 0 Å². The molecule has 0 heterocycles. The molecule has 0 fully saturated rings. The Morgan fingerprint density at radius 2 is 1.56 bits per heavy atom. The van der Waals surface area contributed by atoms with Crippen molar-refractivity contribution in [2.75, 3.05) is 24.9 Å². The Bertz CT molecular complexity index is 1100. The molecule has 2 amide bonds. The lowest BCUT2D eigenvalue weighted by atomic mass is 10.1. The summed E-state index contributed by atoms with van der Waals surface area (Å²) in [5, 5.41) is 3.33. The molecule has 1 atom stereocenters. The van der Waals surface area contributed by atoms with Crippen molar-refractivity contribution in [2.45, 2.75) is 45.8 Å². The van der Waals surface area contributed by atoms with Gasteiger partial charge in [0.05, 0.1) is 5.69 Å². The summed E-state index contributed by atoms with van der Waals surface area (Å²) in [5.74, 6) is -0.889. The van der Waals surface area contributed by atoms with Crippen molar-refractivity contribution >= 4 is 39.3 Å². The van der Waals surface area contributed by atoms with Gasteiger partial charge in [0.15, 0.2) is 0 Å². The number of nitrogens with zero attached hydrogens (tertiary/aromatic N) is 3. The van der Waals surface area contributed by atoms with E-state index < -0.39 is 34.2 Å². The van der Waals surface area contributed by atoms with Crippen LogP contribution in [-0.2, 0) is 26.3 Å². The summed E-state index contributed by atoms with van der Waals surface area (Å²) in [5.41, 5.74) is 0.484. The van der Waals surface area contributed by atoms with Crippen LogP contribution in [0.2, 0.25) is 5.02 Å². The number of halogens is 1. The van der Waals surface area contributed by atoms with Gasteiger partial charge in [-0.25, -0.2) is 4.31 Å². The number of carbonyl (C=O) groups is 2. The molecule has 34 heavy (non-hydrogen) atoms. The molecular formula is C24H33ClN4O4S. The molecule has 8 nitrogen and oxygen atoms in total. The zero-order valence-corrected chi connectivity index (χ0v) is 22.0. The standard InChI is InChI=1S/C24H33ClN4O4S/c1-18(23(31)26-24(2,3)4)28(16-19-12-10-11-15-21(19)25)22(30)17-29(34(32,33)27(5)6)20-13-8-7-9-14-20/h7-15,18H,16-17H2,1-6H3,(H,26,31)/t18-/m1/s1. The van der Waals surface area contributed by atoms with Crippen LogP contribution < -0.4 is 9.62 Å². The lowest BCUT2D eigenvalue weighted by Crippen LogP contribution is -2.55. The van der Waals surface area contributed by atoms with Crippen LogP contribution in [0.4, 0.5) is 5.69 Å². The fraction of sp³-hybridized carbons (Fsp3) is 0.417. The highest BCUT2D eigenvalue weighted by Gasteiger charge is 2.33. The molecular weight excluding hydrogens is 476 g/mol. The fourth-order valence-corrected chi connectivity index (χ4v) is 4.43. The highest BCUT2D eigenvalue weighted by atomic mass is 35.5. The van der Waals surface area contributed by atoms with Gasteiger partial charge in [-0.15, -0.1) is 0 Å². The molecule has 0 aromatic heterocycles. The van der Waals surface area contributed by atoms with E-state index in [9.17, 15) is 18.0 Å². The number of para-hydroxylation sites is 1. The largest absolute Gasteiger partial charge is 0.350 e. The second kappa shape index (κ2) is 11.2. The number of anilines is 1. The number of hydrogen-bond acceptors (Lipinski definition) is 4. The van der Waals surface area contributed by atoms with Crippen molar-refractivity contribution in [3.63, 3.8) is 0 Å². The van der Waals surface area contributed by atoms with Crippen LogP contribution in [0.5, 0.6) is 0 Å². The first-order valence-electron chi connectivity index (χ1n) is 10.8. The van der Waals surface area contributed by atoms with Crippen LogP contribution in [0.1, 0.15) is 33.3 Å². The minimum atomic E-state index is -3.98. The van der Waals surface area contributed by atoms with Crippen molar-refractivity contribution in [2.24, 2.45) is 0 Å². The number of amides is 2. The second-order valence-corrected chi connectivity index (χ2v) is 11.6. The molecule has 1 N–H and O–H groups in total. The van der Waals surface area contributed by atoms with E-state index in [1.54, 1.807) is 61.5 Å². The summed E-state index contributed by atoms with van der Waals surface area (Å²) in [6.45, 7) is 6.71. The molecule has 0 unspecified atom stereocenters. The molecule has 0 aliphatic carbocycles. The molecule has 10 heteroatoms. The van der Waals surface area contributed by atoms with E-state index in [2.05, 4.69) is 5.32 Å². The van der Waals surface area contributed by atoms with Crippen molar-refractivity contribution in [1.29, 1.82) is 0 Å². The third-order valence-corrected chi connectivity index (χ3v) is 7.22. The van der Waals surface area contributed by atoms with E-state index in [4.69, 9.17) is 11.6 Å². The molecule has 0 radical (unpaired) electrons. The number of rotatable bonds is 9. The average molecular weight is 509 g/mol.